The van der Waals surface area contributed by atoms with Crippen LogP contribution in [0.4, 0.5) is 0 Å². The number of nitrogens with zero attached hydrogens (tertiary/aromatic N) is 3. The average Bonchev–Trinajstić information content (AvgIpc) is 3.47. The Morgan fingerprint density at radius 1 is 0.973 bits per heavy atom. The lowest BCUT2D eigenvalue weighted by molar-refractivity contribution is -0.122. The van der Waals surface area contributed by atoms with Gasteiger partial charge in [-0.1, -0.05) is 54.3 Å². The molecule has 0 bridgehead atoms. The Balaban J connectivity index is 1.48. The van der Waals surface area contributed by atoms with E-state index in [-0.39, 0.29) is 5.91 Å². The summed E-state index contributed by atoms with van der Waals surface area (Å²) in [6.45, 7) is 2.96. The standard InChI is InChI=1S/C29H25N3O3S2/c1-3-35-25-15-11-21(12-16-25)27-22(19-32(30-27)23-7-5-4-6-8-23)17-26-28(33)31(29(36)37-26)18-20-9-13-24(34-2)14-10-20/h4-17,19H,3,18H2,1-2H3. The van der Waals surface area contributed by atoms with Gasteiger partial charge < -0.3 is 9.47 Å². The summed E-state index contributed by atoms with van der Waals surface area (Å²) in [7, 11) is 1.63. The van der Waals surface area contributed by atoms with Crippen molar-refractivity contribution in [2.45, 2.75) is 13.5 Å². The number of hydrogen-bond donors (Lipinski definition) is 0. The number of ether oxygens (including phenoxy) is 2. The number of benzene rings is 3. The third-order valence-electron chi connectivity index (χ3n) is 5.86. The Morgan fingerprint density at radius 2 is 1.68 bits per heavy atom. The van der Waals surface area contributed by atoms with E-state index in [1.54, 1.807) is 12.0 Å². The van der Waals surface area contributed by atoms with E-state index in [1.807, 2.05) is 103 Å². The van der Waals surface area contributed by atoms with Gasteiger partial charge in [0.1, 0.15) is 15.8 Å². The second kappa shape index (κ2) is 11.0. The Morgan fingerprint density at radius 3 is 2.35 bits per heavy atom. The number of thiocarbonyl (C=S) groups is 1. The first-order valence-corrected chi connectivity index (χ1v) is 13.0. The molecule has 2 heterocycles. The van der Waals surface area contributed by atoms with Crippen molar-refractivity contribution in [3.8, 4) is 28.4 Å². The first kappa shape index (κ1) is 24.8. The largest absolute Gasteiger partial charge is 0.497 e. The van der Waals surface area contributed by atoms with E-state index < -0.39 is 0 Å². The molecule has 186 valence electrons. The summed E-state index contributed by atoms with van der Waals surface area (Å²) in [4.78, 5) is 15.6. The topological polar surface area (TPSA) is 56.6 Å². The molecule has 1 aliphatic rings. The maximum Gasteiger partial charge on any atom is 0.266 e. The summed E-state index contributed by atoms with van der Waals surface area (Å²) in [6.07, 6.45) is 3.82. The third-order valence-corrected chi connectivity index (χ3v) is 7.24. The van der Waals surface area contributed by atoms with Crippen molar-refractivity contribution in [2.24, 2.45) is 0 Å². The van der Waals surface area contributed by atoms with Crippen molar-refractivity contribution >= 4 is 40.3 Å². The minimum Gasteiger partial charge on any atom is -0.497 e. The Kier molecular flexibility index (Phi) is 7.39. The van der Waals surface area contributed by atoms with Gasteiger partial charge in [0.05, 0.1) is 36.5 Å². The Hall–Kier alpha value is -3.88. The van der Waals surface area contributed by atoms with Gasteiger partial charge in [-0.25, -0.2) is 4.68 Å². The highest BCUT2D eigenvalue weighted by atomic mass is 32.2. The van der Waals surface area contributed by atoms with E-state index in [4.69, 9.17) is 26.8 Å². The molecule has 0 saturated carbocycles. The molecule has 0 radical (unpaired) electrons. The van der Waals surface area contributed by atoms with Crippen molar-refractivity contribution < 1.29 is 14.3 Å². The minimum absolute atomic E-state index is 0.115. The number of rotatable bonds is 8. The Labute approximate surface area is 225 Å². The van der Waals surface area contributed by atoms with Gasteiger partial charge >= 0.3 is 0 Å². The van der Waals surface area contributed by atoms with Crippen molar-refractivity contribution in [1.29, 1.82) is 0 Å². The lowest BCUT2D eigenvalue weighted by Gasteiger charge is -2.14. The van der Waals surface area contributed by atoms with Crippen LogP contribution in [-0.2, 0) is 11.3 Å². The summed E-state index contributed by atoms with van der Waals surface area (Å²) in [5, 5.41) is 4.87. The van der Waals surface area contributed by atoms with Gasteiger partial charge in [-0.15, -0.1) is 0 Å². The van der Waals surface area contributed by atoms with Gasteiger partial charge in [0, 0.05) is 17.3 Å². The number of amides is 1. The fourth-order valence-corrected chi connectivity index (χ4v) is 5.24. The SMILES string of the molecule is CCOc1ccc(-c2nn(-c3ccccc3)cc2C=C2SC(=S)N(Cc3ccc(OC)cc3)C2=O)cc1. The van der Waals surface area contributed by atoms with Crippen LogP contribution in [0.25, 0.3) is 23.0 Å². The fraction of sp³-hybridized carbons (Fsp3) is 0.138. The normalized spacial score (nSPS) is 14.4. The summed E-state index contributed by atoms with van der Waals surface area (Å²) < 4.78 is 13.2. The summed E-state index contributed by atoms with van der Waals surface area (Å²) in [5.41, 5.74) is 4.44. The van der Waals surface area contributed by atoms with Crippen LogP contribution in [0.3, 0.4) is 0 Å². The van der Waals surface area contributed by atoms with Crippen molar-refractivity contribution in [3.63, 3.8) is 0 Å². The highest BCUT2D eigenvalue weighted by Crippen LogP contribution is 2.36. The molecule has 5 rings (SSSR count). The molecular formula is C29H25N3O3S2. The molecule has 0 spiro atoms. The molecule has 1 fully saturated rings. The van der Waals surface area contributed by atoms with Crippen LogP contribution in [0.5, 0.6) is 11.5 Å². The number of methoxy groups -OCH3 is 1. The molecule has 1 aromatic heterocycles. The van der Waals surface area contributed by atoms with Gasteiger partial charge in [-0.3, -0.25) is 9.69 Å². The number of thioether (sulfide) groups is 1. The predicted octanol–water partition coefficient (Wildman–Crippen LogP) is 6.35. The summed E-state index contributed by atoms with van der Waals surface area (Å²) in [5.74, 6) is 1.46. The average molecular weight is 528 g/mol. The molecule has 0 atom stereocenters. The van der Waals surface area contributed by atoms with Gasteiger partial charge in [-0.2, -0.15) is 5.10 Å². The highest BCUT2D eigenvalue weighted by Gasteiger charge is 2.32. The van der Waals surface area contributed by atoms with Crippen LogP contribution in [0.1, 0.15) is 18.1 Å². The molecule has 0 N–H and O–H groups in total. The minimum atomic E-state index is -0.115. The summed E-state index contributed by atoms with van der Waals surface area (Å²) >= 11 is 6.88. The van der Waals surface area contributed by atoms with Gasteiger partial charge in [0.2, 0.25) is 0 Å². The number of carbonyl (C=O) groups excluding carboxylic acids is 1. The molecular weight excluding hydrogens is 502 g/mol. The molecule has 0 unspecified atom stereocenters. The molecule has 4 aromatic rings. The quantitative estimate of drug-likeness (QED) is 0.197. The van der Waals surface area contributed by atoms with E-state index in [1.165, 1.54) is 11.8 Å². The maximum absolute atomic E-state index is 13.4. The Bertz CT molecular complexity index is 1450. The molecule has 3 aromatic carbocycles. The lowest BCUT2D eigenvalue weighted by atomic mass is 10.1. The zero-order valence-corrected chi connectivity index (χ0v) is 22.1. The number of carbonyl (C=O) groups is 1. The number of para-hydroxylation sites is 1. The number of aromatic nitrogens is 2. The van der Waals surface area contributed by atoms with Gasteiger partial charge in [0.15, 0.2) is 0 Å². The maximum atomic E-state index is 13.4. The summed E-state index contributed by atoms with van der Waals surface area (Å²) in [6, 6.07) is 25.4. The highest BCUT2D eigenvalue weighted by molar-refractivity contribution is 8.26. The predicted molar refractivity (Wildman–Crippen MR) is 152 cm³/mol. The first-order chi connectivity index (χ1) is 18.1. The smallest absolute Gasteiger partial charge is 0.266 e. The zero-order valence-electron chi connectivity index (χ0n) is 20.5. The van der Waals surface area contributed by atoms with Crippen LogP contribution in [0, 0.1) is 0 Å². The third kappa shape index (κ3) is 5.45. The van der Waals surface area contributed by atoms with Crippen molar-refractivity contribution in [2.75, 3.05) is 13.7 Å². The second-order valence-electron chi connectivity index (χ2n) is 8.29. The first-order valence-electron chi connectivity index (χ1n) is 11.8. The van der Waals surface area contributed by atoms with E-state index in [2.05, 4.69) is 0 Å². The van der Waals surface area contributed by atoms with Crippen LogP contribution < -0.4 is 9.47 Å². The van der Waals surface area contributed by atoms with Crippen LogP contribution in [0.2, 0.25) is 0 Å². The fourth-order valence-electron chi connectivity index (χ4n) is 4.00. The van der Waals surface area contributed by atoms with E-state index in [9.17, 15) is 4.79 Å². The molecule has 1 saturated heterocycles. The van der Waals surface area contributed by atoms with Crippen molar-refractivity contribution in [3.05, 3.63) is 101 Å². The molecule has 8 heteroatoms. The molecule has 6 nitrogen and oxygen atoms in total. The van der Waals surface area contributed by atoms with E-state index in [0.717, 1.165) is 39.6 Å². The van der Waals surface area contributed by atoms with Crippen molar-refractivity contribution in [1.82, 2.24) is 14.7 Å². The molecule has 0 aliphatic carbocycles. The zero-order chi connectivity index (χ0) is 25.8. The molecule has 1 aliphatic heterocycles. The lowest BCUT2D eigenvalue weighted by Crippen LogP contribution is -2.27. The van der Waals surface area contributed by atoms with Crippen LogP contribution >= 0.6 is 24.0 Å². The molecule has 37 heavy (non-hydrogen) atoms. The van der Waals surface area contributed by atoms with Gasteiger partial charge in [-0.05, 0) is 67.1 Å². The van der Waals surface area contributed by atoms with Crippen LogP contribution in [-0.4, -0.2) is 38.6 Å². The monoisotopic (exact) mass is 527 g/mol. The number of hydrogen-bond acceptors (Lipinski definition) is 6. The van der Waals surface area contributed by atoms with Gasteiger partial charge in [0.25, 0.3) is 5.91 Å². The van der Waals surface area contributed by atoms with E-state index >= 15 is 0 Å². The van der Waals surface area contributed by atoms with E-state index in [0.29, 0.717) is 22.4 Å². The molecule has 1 amide bonds. The van der Waals surface area contributed by atoms with Crippen LogP contribution in [0.15, 0.2) is 90.0 Å². The second-order valence-corrected chi connectivity index (χ2v) is 9.96.